The summed E-state index contributed by atoms with van der Waals surface area (Å²) < 4.78 is 10.4. The van der Waals surface area contributed by atoms with E-state index in [4.69, 9.17) is 9.47 Å². The molecular weight excluding hydrogens is 354 g/mol. The van der Waals surface area contributed by atoms with Crippen LogP contribution in [0.4, 0.5) is 0 Å². The standard InChI is InChI=1S/C23H27NO4/c1-22-10-11-24(2)20(13-15-8-9-18(27-3)14-19(15)22)23(22,26)17-7-5-6-16(12-17)21(25)28-4/h5-9,12,14,20,26H,10-11,13H2,1-4H3/t20-,22-,23?/m1/s1. The largest absolute Gasteiger partial charge is 0.497 e. The van der Waals surface area contributed by atoms with Gasteiger partial charge in [0.2, 0.25) is 0 Å². The normalized spacial score (nSPS) is 29.1. The molecule has 1 unspecified atom stereocenters. The first-order valence-corrected chi connectivity index (χ1v) is 9.64. The van der Waals surface area contributed by atoms with Crippen molar-refractivity contribution in [3.05, 3.63) is 64.7 Å². The summed E-state index contributed by atoms with van der Waals surface area (Å²) in [7, 11) is 5.10. The maximum Gasteiger partial charge on any atom is 0.337 e. The Balaban J connectivity index is 1.93. The van der Waals surface area contributed by atoms with E-state index < -0.39 is 17.0 Å². The molecule has 1 heterocycles. The molecule has 2 bridgehead atoms. The minimum Gasteiger partial charge on any atom is -0.497 e. The molecule has 0 spiro atoms. The Labute approximate surface area is 165 Å². The fourth-order valence-electron chi connectivity index (χ4n) is 5.17. The summed E-state index contributed by atoms with van der Waals surface area (Å²) in [4.78, 5) is 14.3. The van der Waals surface area contributed by atoms with Crippen molar-refractivity contribution in [1.29, 1.82) is 0 Å². The van der Waals surface area contributed by atoms with Crippen LogP contribution >= 0.6 is 0 Å². The molecule has 0 amide bonds. The summed E-state index contributed by atoms with van der Waals surface area (Å²) >= 11 is 0. The molecule has 0 radical (unpaired) electrons. The van der Waals surface area contributed by atoms with E-state index in [9.17, 15) is 9.90 Å². The van der Waals surface area contributed by atoms with Crippen molar-refractivity contribution < 1.29 is 19.4 Å². The molecule has 1 saturated heterocycles. The van der Waals surface area contributed by atoms with E-state index in [1.807, 2.05) is 18.2 Å². The molecule has 1 fully saturated rings. The van der Waals surface area contributed by atoms with E-state index in [0.717, 1.165) is 36.3 Å². The molecular formula is C23H27NO4. The summed E-state index contributed by atoms with van der Waals surface area (Å²) in [6, 6.07) is 13.3. The Morgan fingerprint density at radius 2 is 2.00 bits per heavy atom. The Hall–Kier alpha value is -2.37. The van der Waals surface area contributed by atoms with Gasteiger partial charge in [-0.1, -0.05) is 25.1 Å². The van der Waals surface area contributed by atoms with Crippen molar-refractivity contribution in [2.24, 2.45) is 0 Å². The summed E-state index contributed by atoms with van der Waals surface area (Å²) in [6.07, 6.45) is 1.55. The number of rotatable bonds is 3. The van der Waals surface area contributed by atoms with Gasteiger partial charge in [0.15, 0.2) is 0 Å². The second kappa shape index (κ2) is 6.61. The van der Waals surface area contributed by atoms with Crippen LogP contribution < -0.4 is 4.74 Å². The third-order valence-corrected chi connectivity index (χ3v) is 6.87. The zero-order valence-electron chi connectivity index (χ0n) is 16.9. The van der Waals surface area contributed by atoms with Crippen LogP contribution in [0, 0.1) is 0 Å². The van der Waals surface area contributed by atoms with Gasteiger partial charge in [-0.2, -0.15) is 0 Å². The van der Waals surface area contributed by atoms with Crippen molar-refractivity contribution in [2.45, 2.75) is 36.8 Å². The number of hydrogen-bond donors (Lipinski definition) is 1. The van der Waals surface area contributed by atoms with Gasteiger partial charge in [-0.3, -0.25) is 4.90 Å². The third kappa shape index (κ3) is 2.50. The molecule has 148 valence electrons. The van der Waals surface area contributed by atoms with Crippen LogP contribution in [-0.2, 0) is 22.2 Å². The molecule has 2 aliphatic rings. The van der Waals surface area contributed by atoms with Crippen LogP contribution in [0.3, 0.4) is 0 Å². The van der Waals surface area contributed by atoms with E-state index >= 15 is 0 Å². The molecule has 1 aliphatic carbocycles. The summed E-state index contributed by atoms with van der Waals surface area (Å²) in [5, 5.41) is 12.3. The number of methoxy groups -OCH3 is 2. The number of carbonyl (C=O) groups excluding carboxylic acids is 1. The molecule has 2 aromatic rings. The number of nitrogens with zero attached hydrogens (tertiary/aromatic N) is 1. The quantitative estimate of drug-likeness (QED) is 0.829. The molecule has 28 heavy (non-hydrogen) atoms. The number of likely N-dealkylation sites (tertiary alicyclic amines) is 1. The first-order chi connectivity index (χ1) is 13.3. The summed E-state index contributed by atoms with van der Waals surface area (Å²) in [5.74, 6) is 0.398. The van der Waals surface area contributed by atoms with Gasteiger partial charge in [-0.25, -0.2) is 4.79 Å². The van der Waals surface area contributed by atoms with Gasteiger partial charge in [0.1, 0.15) is 11.4 Å². The third-order valence-electron chi connectivity index (χ3n) is 6.87. The van der Waals surface area contributed by atoms with Crippen LogP contribution in [0.1, 0.15) is 40.4 Å². The molecule has 1 aliphatic heterocycles. The highest BCUT2D eigenvalue weighted by Gasteiger charge is 2.60. The lowest BCUT2D eigenvalue weighted by molar-refractivity contribution is -0.141. The van der Waals surface area contributed by atoms with E-state index in [1.54, 1.807) is 19.2 Å². The number of benzene rings is 2. The van der Waals surface area contributed by atoms with Gasteiger partial charge >= 0.3 is 5.97 Å². The van der Waals surface area contributed by atoms with Crippen LogP contribution in [0.2, 0.25) is 0 Å². The van der Waals surface area contributed by atoms with E-state index in [-0.39, 0.29) is 6.04 Å². The van der Waals surface area contributed by atoms with Crippen LogP contribution in [0.15, 0.2) is 42.5 Å². The fourth-order valence-corrected chi connectivity index (χ4v) is 5.17. The molecule has 3 atom stereocenters. The highest BCUT2D eigenvalue weighted by molar-refractivity contribution is 5.89. The van der Waals surface area contributed by atoms with Gasteiger partial charge in [0.25, 0.3) is 0 Å². The van der Waals surface area contributed by atoms with Gasteiger partial charge < -0.3 is 14.6 Å². The molecule has 1 N–H and O–H groups in total. The maximum atomic E-state index is 12.3. The van der Waals surface area contributed by atoms with Crippen LogP contribution in [-0.4, -0.2) is 49.8 Å². The maximum absolute atomic E-state index is 12.3. The van der Waals surface area contributed by atoms with Gasteiger partial charge in [-0.05, 0) is 67.4 Å². The highest BCUT2D eigenvalue weighted by Crippen LogP contribution is 2.56. The van der Waals surface area contributed by atoms with Crippen LogP contribution in [0.25, 0.3) is 0 Å². The lowest BCUT2D eigenvalue weighted by atomic mass is 9.53. The monoisotopic (exact) mass is 381 g/mol. The summed E-state index contributed by atoms with van der Waals surface area (Å²) in [6.45, 7) is 3.03. The number of esters is 1. The smallest absolute Gasteiger partial charge is 0.337 e. The topological polar surface area (TPSA) is 59.0 Å². The number of likely N-dealkylation sites (N-methyl/N-ethyl adjacent to an activating group) is 1. The van der Waals surface area contributed by atoms with Gasteiger partial charge in [0, 0.05) is 11.5 Å². The lowest BCUT2D eigenvalue weighted by Gasteiger charge is -2.60. The average Bonchev–Trinajstić information content (AvgIpc) is 2.72. The van der Waals surface area contributed by atoms with Crippen molar-refractivity contribution in [3.63, 3.8) is 0 Å². The second-order valence-electron chi connectivity index (χ2n) is 8.14. The van der Waals surface area contributed by atoms with E-state index in [1.165, 1.54) is 12.7 Å². The zero-order valence-corrected chi connectivity index (χ0v) is 16.9. The van der Waals surface area contributed by atoms with Gasteiger partial charge in [-0.15, -0.1) is 0 Å². The highest BCUT2D eigenvalue weighted by atomic mass is 16.5. The van der Waals surface area contributed by atoms with E-state index in [0.29, 0.717) is 5.56 Å². The van der Waals surface area contributed by atoms with E-state index in [2.05, 4.69) is 31.0 Å². The van der Waals surface area contributed by atoms with Crippen LogP contribution in [0.5, 0.6) is 5.75 Å². The van der Waals surface area contributed by atoms with Crippen molar-refractivity contribution in [1.82, 2.24) is 4.90 Å². The Kier molecular flexibility index (Phi) is 4.47. The lowest BCUT2D eigenvalue weighted by Crippen LogP contribution is -2.67. The molecule has 4 rings (SSSR count). The number of fused-ring (bicyclic) bond motifs is 4. The SMILES string of the molecule is COC(=O)c1cccc(C2(O)[C@H]3Cc4ccc(OC)cc4[C@@]2(C)CCN3C)c1. The average molecular weight is 381 g/mol. The number of carbonyl (C=O) groups is 1. The Bertz CT molecular complexity index is 927. The molecule has 2 aromatic carbocycles. The number of aliphatic hydroxyl groups is 1. The number of hydrogen-bond acceptors (Lipinski definition) is 5. The molecule has 0 aromatic heterocycles. The van der Waals surface area contributed by atoms with Crippen molar-refractivity contribution in [3.8, 4) is 5.75 Å². The minimum atomic E-state index is -1.14. The predicted octanol–water partition coefficient (Wildman–Crippen LogP) is 2.89. The Morgan fingerprint density at radius 1 is 1.21 bits per heavy atom. The fraction of sp³-hybridized carbons (Fsp3) is 0.435. The first kappa shape index (κ1) is 19.0. The second-order valence-corrected chi connectivity index (χ2v) is 8.14. The number of piperidine rings is 1. The summed E-state index contributed by atoms with van der Waals surface area (Å²) in [5.41, 5.74) is 1.94. The molecule has 5 heteroatoms. The van der Waals surface area contributed by atoms with Crippen molar-refractivity contribution in [2.75, 3.05) is 27.8 Å². The Morgan fingerprint density at radius 3 is 2.71 bits per heavy atom. The molecule has 0 saturated carbocycles. The molecule has 5 nitrogen and oxygen atoms in total. The predicted molar refractivity (Wildman–Crippen MR) is 107 cm³/mol. The van der Waals surface area contributed by atoms with Crippen molar-refractivity contribution >= 4 is 5.97 Å². The minimum absolute atomic E-state index is 0.0833. The first-order valence-electron chi connectivity index (χ1n) is 9.64. The number of ether oxygens (including phenoxy) is 2. The van der Waals surface area contributed by atoms with Gasteiger partial charge in [0.05, 0.1) is 19.8 Å². The zero-order chi connectivity index (χ0) is 20.1.